The third-order valence-corrected chi connectivity index (χ3v) is 4.21. The second kappa shape index (κ2) is 8.99. The average molecular weight is 372 g/mol. The zero-order valence-electron chi connectivity index (χ0n) is 14.5. The van der Waals surface area contributed by atoms with E-state index in [1.54, 1.807) is 62.5 Å². The third-order valence-electron chi connectivity index (χ3n) is 3.96. The van der Waals surface area contributed by atoms with Gasteiger partial charge in [0.1, 0.15) is 0 Å². The van der Waals surface area contributed by atoms with Crippen molar-refractivity contribution in [1.82, 2.24) is 0 Å². The van der Waals surface area contributed by atoms with Crippen LogP contribution in [0.4, 0.5) is 11.4 Å². The number of rotatable bonds is 6. The molecule has 0 fully saturated rings. The number of hydrogen-bond acceptors (Lipinski definition) is 3. The van der Waals surface area contributed by atoms with E-state index in [9.17, 15) is 9.59 Å². The van der Waals surface area contributed by atoms with Gasteiger partial charge in [0.05, 0.1) is 18.7 Å². The molecule has 0 aliphatic rings. The number of carbonyl (C=O) groups is 2. The van der Waals surface area contributed by atoms with Crippen LogP contribution in [-0.4, -0.2) is 31.4 Å². The maximum atomic E-state index is 12.4. The van der Waals surface area contributed by atoms with Crippen LogP contribution >= 0.6 is 11.6 Å². The topological polar surface area (TPSA) is 86.4 Å². The molecule has 2 amide bonds. The Hall–Kier alpha value is -2.88. The van der Waals surface area contributed by atoms with Crippen LogP contribution in [0.15, 0.2) is 48.5 Å². The lowest BCUT2D eigenvalue weighted by atomic mass is 10.2. The highest BCUT2D eigenvalue weighted by Crippen LogP contribution is 2.13. The van der Waals surface area contributed by atoms with E-state index in [0.29, 0.717) is 22.0 Å². The van der Waals surface area contributed by atoms with E-state index in [1.807, 2.05) is 6.07 Å². The molecule has 2 aromatic carbocycles. The van der Waals surface area contributed by atoms with Crippen LogP contribution in [-0.2, 0) is 9.59 Å². The van der Waals surface area contributed by atoms with Gasteiger partial charge in [-0.05, 0) is 49.4 Å². The second-order valence-electron chi connectivity index (χ2n) is 5.98. The van der Waals surface area contributed by atoms with E-state index in [2.05, 4.69) is 10.6 Å². The molecule has 2 aromatic rings. The Balaban J connectivity index is 1.90. The molecule has 0 bridgehead atoms. The molecule has 3 N–H and O–H groups in total. The zero-order chi connectivity index (χ0) is 19.1. The molecule has 26 heavy (non-hydrogen) atoms. The fourth-order valence-corrected chi connectivity index (χ4v) is 2.41. The van der Waals surface area contributed by atoms with Gasteiger partial charge in [0.15, 0.2) is 12.6 Å². The highest BCUT2D eigenvalue weighted by atomic mass is 35.5. The Morgan fingerprint density at radius 3 is 2.50 bits per heavy atom. The monoisotopic (exact) mass is 371 g/mol. The Morgan fingerprint density at radius 1 is 1.15 bits per heavy atom. The van der Waals surface area contributed by atoms with E-state index in [-0.39, 0.29) is 18.4 Å². The molecule has 0 aliphatic heterocycles. The summed E-state index contributed by atoms with van der Waals surface area (Å²) < 4.78 is 0. The summed E-state index contributed by atoms with van der Waals surface area (Å²) in [4.78, 5) is 25.3. The summed E-state index contributed by atoms with van der Waals surface area (Å²) in [5, 5.41) is 15.0. The molecule has 2 atom stereocenters. The standard InChI is InChI=1S/C19H19ClN4O2/c1-13(19(26)23-17-5-3-4-14(10-17)11-21)24(2)12-18(25)22-16-8-6-15(20)7-9-16/h3-10,13H,12H2,1-2H3,(H,22,25)(H,23,26)/p+1/t13-/m1/s1. The van der Waals surface area contributed by atoms with Gasteiger partial charge in [0.2, 0.25) is 0 Å². The maximum absolute atomic E-state index is 12.4. The maximum Gasteiger partial charge on any atom is 0.282 e. The molecule has 0 saturated carbocycles. The second-order valence-corrected chi connectivity index (χ2v) is 6.42. The number of anilines is 2. The summed E-state index contributed by atoms with van der Waals surface area (Å²) in [6, 6.07) is 15.1. The first-order valence-corrected chi connectivity index (χ1v) is 8.45. The molecular weight excluding hydrogens is 352 g/mol. The Morgan fingerprint density at radius 2 is 1.85 bits per heavy atom. The summed E-state index contributed by atoms with van der Waals surface area (Å²) in [6.07, 6.45) is 0. The Kier molecular flexibility index (Phi) is 6.73. The van der Waals surface area contributed by atoms with Crippen molar-refractivity contribution in [3.05, 3.63) is 59.1 Å². The highest BCUT2D eigenvalue weighted by Gasteiger charge is 2.24. The molecule has 0 aromatic heterocycles. The van der Waals surface area contributed by atoms with Crippen molar-refractivity contribution in [3.8, 4) is 6.07 Å². The number of halogens is 1. The van der Waals surface area contributed by atoms with Gasteiger partial charge in [-0.15, -0.1) is 0 Å². The van der Waals surface area contributed by atoms with Crippen molar-refractivity contribution in [2.45, 2.75) is 13.0 Å². The van der Waals surface area contributed by atoms with Crippen molar-refractivity contribution in [1.29, 1.82) is 5.26 Å². The molecule has 134 valence electrons. The average Bonchev–Trinajstić information content (AvgIpc) is 2.63. The number of likely N-dealkylation sites (N-methyl/N-ethyl adjacent to an activating group) is 1. The van der Waals surface area contributed by atoms with Gasteiger partial charge < -0.3 is 15.5 Å². The first-order valence-electron chi connectivity index (χ1n) is 8.08. The summed E-state index contributed by atoms with van der Waals surface area (Å²) in [7, 11) is 1.78. The van der Waals surface area contributed by atoms with Crippen molar-refractivity contribution < 1.29 is 14.5 Å². The van der Waals surface area contributed by atoms with E-state index in [4.69, 9.17) is 16.9 Å². The predicted octanol–water partition coefficient (Wildman–Crippen LogP) is 1.69. The number of nitrogens with zero attached hydrogens (tertiary/aromatic N) is 1. The number of nitrogens with one attached hydrogen (secondary N) is 3. The Bertz CT molecular complexity index is 830. The fourth-order valence-electron chi connectivity index (χ4n) is 2.29. The van der Waals surface area contributed by atoms with Gasteiger partial charge >= 0.3 is 0 Å². The highest BCUT2D eigenvalue weighted by molar-refractivity contribution is 6.30. The number of amides is 2. The molecule has 7 heteroatoms. The van der Waals surface area contributed by atoms with Crippen LogP contribution in [0.25, 0.3) is 0 Å². The van der Waals surface area contributed by atoms with Crippen molar-refractivity contribution in [3.63, 3.8) is 0 Å². The lowest BCUT2D eigenvalue weighted by Crippen LogP contribution is -3.14. The van der Waals surface area contributed by atoms with Crippen LogP contribution in [0, 0.1) is 11.3 Å². The lowest BCUT2D eigenvalue weighted by molar-refractivity contribution is -0.885. The molecular formula is C19H20ClN4O2+. The number of quaternary nitrogens is 1. The summed E-state index contributed by atoms with van der Waals surface area (Å²) in [5.41, 5.74) is 1.68. The number of nitriles is 1. The van der Waals surface area contributed by atoms with Crippen molar-refractivity contribution >= 4 is 34.8 Å². The summed E-state index contributed by atoms with van der Waals surface area (Å²) in [5.74, 6) is -0.423. The molecule has 0 aliphatic carbocycles. The molecule has 1 unspecified atom stereocenters. The van der Waals surface area contributed by atoms with Crippen LogP contribution in [0.2, 0.25) is 5.02 Å². The first-order chi connectivity index (χ1) is 12.4. The van der Waals surface area contributed by atoms with Gasteiger partial charge in [0, 0.05) is 16.4 Å². The molecule has 0 saturated heterocycles. The number of benzene rings is 2. The summed E-state index contributed by atoms with van der Waals surface area (Å²) >= 11 is 5.82. The smallest absolute Gasteiger partial charge is 0.282 e. The van der Waals surface area contributed by atoms with Gasteiger partial charge in [0.25, 0.3) is 11.8 Å². The van der Waals surface area contributed by atoms with E-state index >= 15 is 0 Å². The van der Waals surface area contributed by atoms with Gasteiger partial charge in [-0.2, -0.15) is 5.26 Å². The third kappa shape index (κ3) is 5.59. The molecule has 0 heterocycles. The largest absolute Gasteiger partial charge is 0.321 e. The number of hydrogen-bond donors (Lipinski definition) is 3. The minimum atomic E-state index is -0.447. The fraction of sp³-hybridized carbons (Fsp3) is 0.211. The van der Waals surface area contributed by atoms with E-state index in [1.165, 1.54) is 0 Å². The molecule has 0 spiro atoms. The van der Waals surface area contributed by atoms with Crippen molar-refractivity contribution in [2.24, 2.45) is 0 Å². The minimum absolute atomic E-state index is 0.134. The van der Waals surface area contributed by atoms with Crippen LogP contribution in [0.5, 0.6) is 0 Å². The predicted molar refractivity (Wildman–Crippen MR) is 101 cm³/mol. The van der Waals surface area contributed by atoms with E-state index in [0.717, 1.165) is 4.90 Å². The minimum Gasteiger partial charge on any atom is -0.321 e. The summed E-state index contributed by atoms with van der Waals surface area (Å²) in [6.45, 7) is 1.88. The normalized spacial score (nSPS) is 12.5. The van der Waals surface area contributed by atoms with Gasteiger partial charge in [-0.3, -0.25) is 9.59 Å². The molecule has 0 radical (unpaired) electrons. The van der Waals surface area contributed by atoms with Crippen LogP contribution in [0.3, 0.4) is 0 Å². The van der Waals surface area contributed by atoms with Crippen LogP contribution in [0.1, 0.15) is 12.5 Å². The van der Waals surface area contributed by atoms with Crippen molar-refractivity contribution in [2.75, 3.05) is 24.2 Å². The van der Waals surface area contributed by atoms with Crippen LogP contribution < -0.4 is 15.5 Å². The lowest BCUT2D eigenvalue weighted by Gasteiger charge is -2.20. The zero-order valence-corrected chi connectivity index (χ0v) is 15.3. The first kappa shape index (κ1) is 19.4. The molecule has 2 rings (SSSR count). The quantitative estimate of drug-likeness (QED) is 0.722. The SMILES string of the molecule is C[C@H](C(=O)Nc1cccc(C#N)c1)[NH+](C)CC(=O)Nc1ccc(Cl)cc1. The molecule has 6 nitrogen and oxygen atoms in total. The van der Waals surface area contributed by atoms with E-state index < -0.39 is 6.04 Å². The Labute approximate surface area is 157 Å². The number of carbonyl (C=O) groups excluding carboxylic acids is 2. The van der Waals surface area contributed by atoms with Gasteiger partial charge in [-0.25, -0.2) is 0 Å². The van der Waals surface area contributed by atoms with Gasteiger partial charge in [-0.1, -0.05) is 17.7 Å².